The zero-order chi connectivity index (χ0) is 12.2. The van der Waals surface area contributed by atoms with E-state index in [-0.39, 0.29) is 12.1 Å². The van der Waals surface area contributed by atoms with Gasteiger partial charge in [-0.15, -0.1) is 0 Å². The molecule has 92 valence electrons. The molecule has 4 nitrogen and oxygen atoms in total. The number of hydrogen-bond acceptors (Lipinski definition) is 4. The summed E-state index contributed by atoms with van der Waals surface area (Å²) in [6.45, 7) is 6.08. The number of ether oxygens (including phenoxy) is 2. The molecule has 1 rings (SSSR count). The monoisotopic (exact) mass is 247 g/mol. The highest BCUT2D eigenvalue weighted by molar-refractivity contribution is 6.65. The van der Waals surface area contributed by atoms with E-state index in [9.17, 15) is 4.79 Å². The van der Waals surface area contributed by atoms with Crippen LogP contribution in [0.1, 0.15) is 33.6 Å². The molecule has 0 aromatic rings. The van der Waals surface area contributed by atoms with E-state index < -0.39 is 5.60 Å². The molecule has 0 aromatic heterocycles. The first-order valence-corrected chi connectivity index (χ1v) is 5.87. The van der Waals surface area contributed by atoms with Crippen molar-refractivity contribution in [2.75, 3.05) is 13.2 Å². The van der Waals surface area contributed by atoms with Crippen molar-refractivity contribution in [3.63, 3.8) is 0 Å². The molecule has 5 heteroatoms. The topological polar surface area (TPSA) is 47.9 Å². The second-order valence-electron chi connectivity index (χ2n) is 4.23. The highest BCUT2D eigenvalue weighted by atomic mass is 35.5. The lowest BCUT2D eigenvalue weighted by atomic mass is 10.1. The minimum atomic E-state index is -0.917. The number of aliphatic imine (C=N–C) groups is 1. The molecule has 0 saturated carbocycles. The van der Waals surface area contributed by atoms with Gasteiger partial charge in [0.25, 0.3) is 0 Å². The Labute approximate surface area is 101 Å². The molecule has 1 unspecified atom stereocenters. The predicted octanol–water partition coefficient (Wildman–Crippen LogP) is 2.14. The number of esters is 1. The van der Waals surface area contributed by atoms with Crippen LogP contribution in [-0.2, 0) is 14.3 Å². The molecule has 0 radical (unpaired) electrons. The van der Waals surface area contributed by atoms with Gasteiger partial charge >= 0.3 is 5.97 Å². The smallest absolute Gasteiger partial charge is 0.337 e. The van der Waals surface area contributed by atoms with E-state index in [1.165, 1.54) is 0 Å². The van der Waals surface area contributed by atoms with Crippen molar-refractivity contribution in [3.8, 4) is 0 Å². The van der Waals surface area contributed by atoms with Crippen molar-refractivity contribution in [1.29, 1.82) is 0 Å². The molecule has 1 aliphatic rings. The molecule has 0 aromatic carbocycles. The Bertz CT molecular complexity index is 289. The zero-order valence-electron chi connectivity index (χ0n) is 9.96. The Morgan fingerprint density at radius 1 is 1.62 bits per heavy atom. The third-order valence-corrected chi connectivity index (χ3v) is 2.68. The summed E-state index contributed by atoms with van der Waals surface area (Å²) in [6, 6.07) is 0. The number of carbonyl (C=O) groups excluding carboxylic acids is 1. The first-order valence-electron chi connectivity index (χ1n) is 5.49. The highest BCUT2D eigenvalue weighted by Gasteiger charge is 2.33. The molecule has 0 saturated heterocycles. The van der Waals surface area contributed by atoms with E-state index in [1.54, 1.807) is 20.8 Å². The average molecular weight is 248 g/mol. The van der Waals surface area contributed by atoms with Crippen LogP contribution in [0.5, 0.6) is 0 Å². The van der Waals surface area contributed by atoms with Gasteiger partial charge < -0.3 is 9.47 Å². The summed E-state index contributed by atoms with van der Waals surface area (Å²) in [5, 5.41) is 0.633. The van der Waals surface area contributed by atoms with Crippen molar-refractivity contribution in [2.45, 2.75) is 45.3 Å². The molecule has 1 aliphatic heterocycles. The molecule has 0 N–H and O–H groups in total. The Morgan fingerprint density at radius 3 is 2.81 bits per heavy atom. The van der Waals surface area contributed by atoms with Crippen LogP contribution in [0.3, 0.4) is 0 Å². The van der Waals surface area contributed by atoms with Gasteiger partial charge in [-0.1, -0.05) is 11.6 Å². The second kappa shape index (κ2) is 5.64. The third-order valence-electron chi connectivity index (χ3n) is 2.37. The standard InChI is InChI=1S/C11H18ClNO3/c1-4-15-10(14)11(2,3)16-8-5-6-9(12)13-7-8/h8H,4-7H2,1-3H3. The van der Waals surface area contributed by atoms with E-state index in [0.717, 1.165) is 6.42 Å². The molecule has 0 amide bonds. The Kier molecular flexibility index (Phi) is 4.74. The number of rotatable bonds is 4. The number of hydrogen-bond donors (Lipinski definition) is 0. The van der Waals surface area contributed by atoms with E-state index in [0.29, 0.717) is 24.7 Å². The number of halogens is 1. The minimum absolute atomic E-state index is 0.0538. The van der Waals surface area contributed by atoms with Crippen LogP contribution in [0.15, 0.2) is 4.99 Å². The lowest BCUT2D eigenvalue weighted by Gasteiger charge is -2.29. The molecule has 0 aliphatic carbocycles. The van der Waals surface area contributed by atoms with Crippen LogP contribution in [-0.4, -0.2) is 36.0 Å². The molecular weight excluding hydrogens is 230 g/mol. The first kappa shape index (κ1) is 13.5. The Hall–Kier alpha value is -0.610. The van der Waals surface area contributed by atoms with Crippen molar-refractivity contribution >= 4 is 22.7 Å². The lowest BCUT2D eigenvalue weighted by Crippen LogP contribution is -2.41. The predicted molar refractivity (Wildman–Crippen MR) is 63.0 cm³/mol. The van der Waals surface area contributed by atoms with Gasteiger partial charge in [0.2, 0.25) is 0 Å². The fourth-order valence-electron chi connectivity index (χ4n) is 1.52. The van der Waals surface area contributed by atoms with E-state index in [4.69, 9.17) is 21.1 Å². The maximum Gasteiger partial charge on any atom is 0.337 e. The second-order valence-corrected chi connectivity index (χ2v) is 4.66. The van der Waals surface area contributed by atoms with E-state index in [1.807, 2.05) is 0 Å². The first-order chi connectivity index (χ1) is 7.45. The number of carbonyl (C=O) groups is 1. The quantitative estimate of drug-likeness (QED) is 0.715. The van der Waals surface area contributed by atoms with Gasteiger partial charge in [0.15, 0.2) is 5.60 Å². The third kappa shape index (κ3) is 3.76. The van der Waals surface area contributed by atoms with Crippen molar-refractivity contribution in [1.82, 2.24) is 0 Å². The van der Waals surface area contributed by atoms with Gasteiger partial charge in [0.1, 0.15) is 5.17 Å². The van der Waals surface area contributed by atoms with Gasteiger partial charge in [-0.25, -0.2) is 4.79 Å². The summed E-state index contributed by atoms with van der Waals surface area (Å²) >= 11 is 5.77. The van der Waals surface area contributed by atoms with Gasteiger partial charge in [-0.3, -0.25) is 4.99 Å². The maximum absolute atomic E-state index is 11.6. The van der Waals surface area contributed by atoms with Crippen LogP contribution in [0.25, 0.3) is 0 Å². The maximum atomic E-state index is 11.6. The van der Waals surface area contributed by atoms with Crippen molar-refractivity contribution in [3.05, 3.63) is 0 Å². The van der Waals surface area contributed by atoms with Crippen molar-refractivity contribution in [2.24, 2.45) is 4.99 Å². The van der Waals surface area contributed by atoms with E-state index >= 15 is 0 Å². The summed E-state index contributed by atoms with van der Waals surface area (Å²) in [4.78, 5) is 15.7. The molecule has 0 bridgehead atoms. The van der Waals surface area contributed by atoms with Gasteiger partial charge in [-0.2, -0.15) is 0 Å². The summed E-state index contributed by atoms with van der Waals surface area (Å²) in [7, 11) is 0. The molecule has 1 heterocycles. The average Bonchev–Trinajstić information content (AvgIpc) is 2.21. The largest absolute Gasteiger partial charge is 0.464 e. The minimum Gasteiger partial charge on any atom is -0.464 e. The van der Waals surface area contributed by atoms with Gasteiger partial charge in [0.05, 0.1) is 19.3 Å². The molecule has 1 atom stereocenters. The zero-order valence-corrected chi connectivity index (χ0v) is 10.7. The van der Waals surface area contributed by atoms with Crippen LogP contribution in [0, 0.1) is 0 Å². The Balaban J connectivity index is 2.49. The molecule has 0 spiro atoms. The summed E-state index contributed by atoms with van der Waals surface area (Å²) < 4.78 is 10.6. The van der Waals surface area contributed by atoms with Gasteiger partial charge in [-0.05, 0) is 27.2 Å². The summed E-state index contributed by atoms with van der Waals surface area (Å²) in [5.74, 6) is -0.337. The fourth-order valence-corrected chi connectivity index (χ4v) is 1.70. The SMILES string of the molecule is CCOC(=O)C(C)(C)OC1CCC(Cl)=NC1. The fraction of sp³-hybridized carbons (Fsp3) is 0.818. The molecule has 16 heavy (non-hydrogen) atoms. The molecular formula is C11H18ClNO3. The van der Waals surface area contributed by atoms with Gasteiger partial charge in [0, 0.05) is 6.42 Å². The normalized spacial score (nSPS) is 21.5. The van der Waals surface area contributed by atoms with Crippen LogP contribution < -0.4 is 0 Å². The summed E-state index contributed by atoms with van der Waals surface area (Å²) in [6.07, 6.45) is 1.46. The van der Waals surface area contributed by atoms with E-state index in [2.05, 4.69) is 4.99 Å². The molecule has 0 fully saturated rings. The van der Waals surface area contributed by atoms with Crippen LogP contribution in [0.4, 0.5) is 0 Å². The van der Waals surface area contributed by atoms with Crippen LogP contribution in [0.2, 0.25) is 0 Å². The Morgan fingerprint density at radius 2 is 2.31 bits per heavy atom. The summed E-state index contributed by atoms with van der Waals surface area (Å²) in [5.41, 5.74) is -0.917. The lowest BCUT2D eigenvalue weighted by molar-refractivity contribution is -0.174. The number of nitrogens with zero attached hydrogens (tertiary/aromatic N) is 1. The highest BCUT2D eigenvalue weighted by Crippen LogP contribution is 2.20. The van der Waals surface area contributed by atoms with Crippen molar-refractivity contribution < 1.29 is 14.3 Å². The van der Waals surface area contributed by atoms with Crippen LogP contribution >= 0.6 is 11.6 Å².